The van der Waals surface area contributed by atoms with Gasteiger partial charge in [0.25, 0.3) is 5.56 Å². The second-order valence-corrected chi connectivity index (χ2v) is 9.18. The molecule has 0 saturated heterocycles. The molecule has 1 amide bonds. The minimum atomic E-state index is -0.499. The van der Waals surface area contributed by atoms with E-state index in [2.05, 4.69) is 9.97 Å². The molecule has 4 fully saturated rings. The fraction of sp³-hybridized carbons (Fsp3) is 0.750. The minimum Gasteiger partial charge on any atom is -0.345 e. The Kier molecular flexibility index (Phi) is 4.32. The van der Waals surface area contributed by atoms with Crippen molar-refractivity contribution in [3.05, 3.63) is 32.1 Å². The highest BCUT2D eigenvalue weighted by Crippen LogP contribution is 2.60. The van der Waals surface area contributed by atoms with Gasteiger partial charge in [0.15, 0.2) is 0 Å². The first-order chi connectivity index (χ1) is 12.3. The van der Waals surface area contributed by atoms with E-state index in [1.807, 2.05) is 11.9 Å². The lowest BCUT2D eigenvalue weighted by Gasteiger charge is -2.57. The van der Waals surface area contributed by atoms with Crippen molar-refractivity contribution >= 4 is 5.91 Å². The summed E-state index contributed by atoms with van der Waals surface area (Å²) in [7, 11) is 1.91. The Balaban J connectivity index is 1.38. The standard InChI is InChI=1S/C20H29N3O3/c1-12-16(18(25)22-19(26)21-12)3-4-17(24)23(2)11-20-8-13-5-14(9-20)7-15(6-13)10-20/h13-15H,3-11H2,1-2H3,(H2,21,22,25,26). The number of aromatic amines is 2. The van der Waals surface area contributed by atoms with Gasteiger partial charge in [-0.3, -0.25) is 14.6 Å². The van der Waals surface area contributed by atoms with Gasteiger partial charge >= 0.3 is 5.69 Å². The predicted molar refractivity (Wildman–Crippen MR) is 99.0 cm³/mol. The molecule has 0 spiro atoms. The van der Waals surface area contributed by atoms with E-state index in [9.17, 15) is 14.4 Å². The van der Waals surface area contributed by atoms with E-state index >= 15 is 0 Å². The molecule has 5 rings (SSSR count). The maximum Gasteiger partial charge on any atom is 0.325 e. The highest BCUT2D eigenvalue weighted by Gasteiger charge is 2.51. The Bertz CT molecular complexity index is 787. The molecule has 0 atom stereocenters. The third kappa shape index (κ3) is 3.26. The van der Waals surface area contributed by atoms with Crippen LogP contribution in [0.1, 0.15) is 56.2 Å². The molecule has 0 aliphatic heterocycles. The van der Waals surface area contributed by atoms with Gasteiger partial charge in [-0.05, 0) is 75.0 Å². The second-order valence-electron chi connectivity index (χ2n) is 9.18. The first-order valence-corrected chi connectivity index (χ1v) is 9.89. The number of amides is 1. The Labute approximate surface area is 153 Å². The van der Waals surface area contributed by atoms with Crippen molar-refractivity contribution in [1.82, 2.24) is 14.9 Å². The van der Waals surface area contributed by atoms with Gasteiger partial charge in [0.2, 0.25) is 5.91 Å². The number of nitrogens with one attached hydrogen (secondary N) is 2. The summed E-state index contributed by atoms with van der Waals surface area (Å²) in [4.78, 5) is 42.6. The summed E-state index contributed by atoms with van der Waals surface area (Å²) in [5.74, 6) is 2.73. The average Bonchev–Trinajstić information content (AvgIpc) is 2.51. The number of carbonyl (C=O) groups is 1. The average molecular weight is 359 g/mol. The monoisotopic (exact) mass is 359 g/mol. The van der Waals surface area contributed by atoms with Crippen molar-refractivity contribution in [2.45, 2.75) is 58.3 Å². The number of hydrogen-bond donors (Lipinski definition) is 2. The van der Waals surface area contributed by atoms with Crippen LogP contribution in [0.25, 0.3) is 0 Å². The van der Waals surface area contributed by atoms with Crippen LogP contribution in [0.4, 0.5) is 0 Å². The fourth-order valence-electron chi connectivity index (χ4n) is 6.42. The molecule has 4 aliphatic carbocycles. The fourth-order valence-corrected chi connectivity index (χ4v) is 6.42. The van der Waals surface area contributed by atoms with E-state index in [1.165, 1.54) is 38.5 Å². The molecule has 6 heteroatoms. The highest BCUT2D eigenvalue weighted by molar-refractivity contribution is 5.76. The Morgan fingerprint density at radius 1 is 1.08 bits per heavy atom. The Hall–Kier alpha value is -1.85. The first kappa shape index (κ1) is 17.6. The van der Waals surface area contributed by atoms with Crippen molar-refractivity contribution in [3.63, 3.8) is 0 Å². The van der Waals surface area contributed by atoms with Gasteiger partial charge in [-0.1, -0.05) is 0 Å². The maximum atomic E-state index is 12.7. The van der Waals surface area contributed by atoms with Crippen LogP contribution in [0.2, 0.25) is 0 Å². The molecule has 2 N–H and O–H groups in total. The Morgan fingerprint density at radius 2 is 1.65 bits per heavy atom. The molecule has 4 bridgehead atoms. The van der Waals surface area contributed by atoms with Gasteiger partial charge in [0, 0.05) is 31.3 Å². The van der Waals surface area contributed by atoms with Crippen LogP contribution >= 0.6 is 0 Å². The predicted octanol–water partition coefficient (Wildman–Crippen LogP) is 1.98. The highest BCUT2D eigenvalue weighted by atomic mass is 16.2. The summed E-state index contributed by atoms with van der Waals surface area (Å²) in [6, 6.07) is 0. The second kappa shape index (κ2) is 6.39. The first-order valence-electron chi connectivity index (χ1n) is 9.89. The lowest BCUT2D eigenvalue weighted by atomic mass is 9.49. The van der Waals surface area contributed by atoms with Gasteiger partial charge in [-0.25, -0.2) is 4.79 Å². The molecule has 4 saturated carbocycles. The van der Waals surface area contributed by atoms with Crippen molar-refractivity contribution in [2.75, 3.05) is 13.6 Å². The van der Waals surface area contributed by atoms with Crippen molar-refractivity contribution in [1.29, 1.82) is 0 Å². The summed E-state index contributed by atoms with van der Waals surface area (Å²) in [5.41, 5.74) is 0.505. The third-order valence-corrected chi connectivity index (χ3v) is 7.01. The van der Waals surface area contributed by atoms with Crippen molar-refractivity contribution < 1.29 is 4.79 Å². The molecule has 4 aliphatic rings. The summed E-state index contributed by atoms with van der Waals surface area (Å²) < 4.78 is 0. The zero-order valence-electron chi connectivity index (χ0n) is 15.8. The number of nitrogens with zero attached hydrogens (tertiary/aromatic N) is 1. The number of aryl methyl sites for hydroxylation is 1. The largest absolute Gasteiger partial charge is 0.345 e. The van der Waals surface area contributed by atoms with E-state index in [0.717, 1.165) is 24.3 Å². The third-order valence-electron chi connectivity index (χ3n) is 7.01. The van der Waals surface area contributed by atoms with Gasteiger partial charge < -0.3 is 9.88 Å². The molecule has 0 aromatic carbocycles. The number of H-pyrrole nitrogens is 2. The zero-order valence-corrected chi connectivity index (χ0v) is 15.8. The molecule has 26 heavy (non-hydrogen) atoms. The smallest absolute Gasteiger partial charge is 0.325 e. The lowest BCUT2D eigenvalue weighted by molar-refractivity contribution is -0.135. The van der Waals surface area contributed by atoms with E-state index in [-0.39, 0.29) is 11.5 Å². The van der Waals surface area contributed by atoms with Gasteiger partial charge in [-0.2, -0.15) is 0 Å². The van der Waals surface area contributed by atoms with Crippen LogP contribution < -0.4 is 11.2 Å². The summed E-state index contributed by atoms with van der Waals surface area (Å²) >= 11 is 0. The molecule has 0 unspecified atom stereocenters. The molecular formula is C20H29N3O3. The molecule has 1 aromatic rings. The molecular weight excluding hydrogens is 330 g/mol. The zero-order chi connectivity index (χ0) is 18.5. The quantitative estimate of drug-likeness (QED) is 0.843. The van der Waals surface area contributed by atoms with Crippen molar-refractivity contribution in [2.24, 2.45) is 23.2 Å². The van der Waals surface area contributed by atoms with Gasteiger partial charge in [0.05, 0.1) is 0 Å². The van der Waals surface area contributed by atoms with Crippen LogP contribution in [-0.4, -0.2) is 34.4 Å². The van der Waals surface area contributed by atoms with Crippen molar-refractivity contribution in [3.8, 4) is 0 Å². The lowest BCUT2D eigenvalue weighted by Crippen LogP contribution is -2.51. The van der Waals surface area contributed by atoms with E-state index < -0.39 is 5.69 Å². The van der Waals surface area contributed by atoms with Gasteiger partial charge in [-0.15, -0.1) is 0 Å². The van der Waals surface area contributed by atoms with Crippen LogP contribution in [0.15, 0.2) is 9.59 Å². The van der Waals surface area contributed by atoms with E-state index in [4.69, 9.17) is 0 Å². The maximum absolute atomic E-state index is 12.7. The molecule has 6 nitrogen and oxygen atoms in total. The van der Waals surface area contributed by atoms with Crippen LogP contribution in [0.3, 0.4) is 0 Å². The number of carbonyl (C=O) groups excluding carboxylic acids is 1. The minimum absolute atomic E-state index is 0.0887. The summed E-state index contributed by atoms with van der Waals surface area (Å²) in [5, 5.41) is 0. The number of aromatic nitrogens is 2. The molecule has 1 aromatic heterocycles. The molecule has 1 heterocycles. The summed E-state index contributed by atoms with van der Waals surface area (Å²) in [6.07, 6.45) is 8.75. The molecule has 142 valence electrons. The van der Waals surface area contributed by atoms with Crippen LogP contribution in [0, 0.1) is 30.1 Å². The normalized spacial score (nSPS) is 32.0. The van der Waals surface area contributed by atoms with Crippen LogP contribution in [0.5, 0.6) is 0 Å². The SMILES string of the molecule is Cc1[nH]c(=O)[nH]c(=O)c1CCC(=O)N(C)CC12CC3CC(CC(C3)C1)C2. The number of hydrogen-bond acceptors (Lipinski definition) is 3. The summed E-state index contributed by atoms with van der Waals surface area (Å²) in [6.45, 7) is 2.56. The van der Waals surface area contributed by atoms with E-state index in [0.29, 0.717) is 29.5 Å². The van der Waals surface area contributed by atoms with Crippen LogP contribution in [-0.2, 0) is 11.2 Å². The molecule has 0 radical (unpaired) electrons. The van der Waals surface area contributed by atoms with Gasteiger partial charge in [0.1, 0.15) is 0 Å². The Morgan fingerprint density at radius 3 is 2.19 bits per heavy atom. The van der Waals surface area contributed by atoms with E-state index in [1.54, 1.807) is 6.92 Å². The number of rotatable bonds is 5. The topological polar surface area (TPSA) is 86.0 Å².